The number of hydrogen-bond acceptors (Lipinski definition) is 4. The normalized spacial score (nSPS) is 11.1. The molecule has 0 amide bonds. The van der Waals surface area contributed by atoms with Crippen molar-refractivity contribution < 1.29 is 0 Å². The third-order valence-corrected chi connectivity index (χ3v) is 2.02. The second-order valence-electron chi connectivity index (χ2n) is 3.85. The van der Waals surface area contributed by atoms with Crippen LogP contribution in [0.3, 0.4) is 0 Å². The third-order valence-electron chi connectivity index (χ3n) is 2.02. The molecular formula is C12H18N4. The minimum Gasteiger partial charge on any atom is -0.385 e. The van der Waals surface area contributed by atoms with Gasteiger partial charge in [0.05, 0.1) is 0 Å². The van der Waals surface area contributed by atoms with Gasteiger partial charge in [-0.25, -0.2) is 0 Å². The molecule has 86 valence electrons. The molecule has 1 rings (SSSR count). The van der Waals surface area contributed by atoms with Gasteiger partial charge < -0.3 is 21.4 Å². The minimum absolute atomic E-state index is 0.425. The van der Waals surface area contributed by atoms with Crippen LogP contribution in [0.15, 0.2) is 36.2 Å². The van der Waals surface area contributed by atoms with Gasteiger partial charge in [-0.3, -0.25) is 0 Å². The molecule has 1 aromatic rings. The monoisotopic (exact) mass is 218 g/mol. The van der Waals surface area contributed by atoms with Crippen molar-refractivity contribution in [1.82, 2.24) is 0 Å². The maximum absolute atomic E-state index is 7.30. The molecule has 0 radical (unpaired) electrons. The van der Waals surface area contributed by atoms with Crippen LogP contribution in [0.1, 0.15) is 6.92 Å². The molecule has 0 saturated carbocycles. The topological polar surface area (TPSA) is 65.1 Å². The number of nitrogens with one attached hydrogen (secondary N) is 2. The Bertz CT molecular complexity index is 407. The van der Waals surface area contributed by atoms with Crippen LogP contribution in [0.25, 0.3) is 0 Å². The molecule has 0 heterocycles. The molecule has 0 spiro atoms. The van der Waals surface area contributed by atoms with Crippen LogP contribution in [0, 0.1) is 5.41 Å². The highest BCUT2D eigenvalue weighted by molar-refractivity contribution is 5.90. The largest absolute Gasteiger partial charge is 0.385 e. The van der Waals surface area contributed by atoms with Crippen molar-refractivity contribution in [3.8, 4) is 0 Å². The number of hydrogen-bond donors (Lipinski definition) is 3. The quantitative estimate of drug-likeness (QED) is 0.677. The second kappa shape index (κ2) is 5.21. The zero-order chi connectivity index (χ0) is 12.1. The van der Waals surface area contributed by atoms with E-state index in [0.29, 0.717) is 11.5 Å². The van der Waals surface area contributed by atoms with E-state index in [1.54, 1.807) is 13.0 Å². The van der Waals surface area contributed by atoms with Gasteiger partial charge in [0.25, 0.3) is 0 Å². The average Bonchev–Trinajstić information content (AvgIpc) is 2.16. The number of allylic oxidation sites excluding steroid dienone is 1. The fraction of sp³-hybridized carbons (Fsp3) is 0.250. The first-order valence-corrected chi connectivity index (χ1v) is 5.06. The van der Waals surface area contributed by atoms with Gasteiger partial charge in [-0.2, -0.15) is 0 Å². The van der Waals surface area contributed by atoms with Crippen molar-refractivity contribution in [2.45, 2.75) is 6.92 Å². The van der Waals surface area contributed by atoms with Gasteiger partial charge in [-0.05, 0) is 31.2 Å². The van der Waals surface area contributed by atoms with Crippen LogP contribution in [0.2, 0.25) is 0 Å². The number of benzene rings is 1. The number of anilines is 2. The first kappa shape index (κ1) is 12.1. The van der Waals surface area contributed by atoms with Gasteiger partial charge >= 0.3 is 0 Å². The van der Waals surface area contributed by atoms with E-state index in [1.807, 2.05) is 43.3 Å². The van der Waals surface area contributed by atoms with Crippen molar-refractivity contribution in [3.05, 3.63) is 36.2 Å². The molecular weight excluding hydrogens is 200 g/mol. The Kier molecular flexibility index (Phi) is 3.94. The summed E-state index contributed by atoms with van der Waals surface area (Å²) in [7, 11) is 3.97. The maximum Gasteiger partial charge on any atom is 0.102 e. The van der Waals surface area contributed by atoms with E-state index in [1.165, 1.54) is 0 Å². The SMILES string of the molecule is CC(=N)/C=C(/N)Nc1cccc(N(C)C)c1. The fourth-order valence-electron chi connectivity index (χ4n) is 1.30. The summed E-state index contributed by atoms with van der Waals surface area (Å²) >= 11 is 0. The average molecular weight is 218 g/mol. The van der Waals surface area contributed by atoms with Crippen LogP contribution < -0.4 is 16.0 Å². The van der Waals surface area contributed by atoms with Gasteiger partial charge in [-0.1, -0.05) is 6.07 Å². The van der Waals surface area contributed by atoms with Gasteiger partial charge in [0.1, 0.15) is 5.82 Å². The lowest BCUT2D eigenvalue weighted by molar-refractivity contribution is 1.13. The van der Waals surface area contributed by atoms with E-state index in [9.17, 15) is 0 Å². The van der Waals surface area contributed by atoms with Crippen molar-refractivity contribution in [2.75, 3.05) is 24.3 Å². The Morgan fingerprint density at radius 1 is 1.44 bits per heavy atom. The van der Waals surface area contributed by atoms with E-state index in [-0.39, 0.29) is 0 Å². The lowest BCUT2D eigenvalue weighted by Crippen LogP contribution is -2.12. The summed E-state index contributed by atoms with van der Waals surface area (Å²) in [6.45, 7) is 1.69. The molecule has 0 aliphatic heterocycles. The van der Waals surface area contributed by atoms with Crippen LogP contribution in [0.5, 0.6) is 0 Å². The molecule has 0 atom stereocenters. The van der Waals surface area contributed by atoms with Crippen LogP contribution in [-0.2, 0) is 0 Å². The predicted molar refractivity (Wildman–Crippen MR) is 70.1 cm³/mol. The minimum atomic E-state index is 0.425. The summed E-state index contributed by atoms with van der Waals surface area (Å²) in [5, 5.41) is 10.3. The first-order valence-electron chi connectivity index (χ1n) is 5.06. The van der Waals surface area contributed by atoms with Crippen molar-refractivity contribution in [2.24, 2.45) is 5.73 Å². The molecule has 0 saturated heterocycles. The van der Waals surface area contributed by atoms with E-state index in [0.717, 1.165) is 11.4 Å². The number of nitrogens with zero attached hydrogens (tertiary/aromatic N) is 1. The molecule has 0 aliphatic carbocycles. The first-order chi connectivity index (χ1) is 7.49. The molecule has 4 heteroatoms. The molecule has 16 heavy (non-hydrogen) atoms. The van der Waals surface area contributed by atoms with E-state index >= 15 is 0 Å². The predicted octanol–water partition coefficient (Wildman–Crippen LogP) is 2.00. The fourth-order valence-corrected chi connectivity index (χ4v) is 1.30. The summed E-state index contributed by atoms with van der Waals surface area (Å²) < 4.78 is 0. The van der Waals surface area contributed by atoms with Gasteiger partial charge in [0.2, 0.25) is 0 Å². The molecule has 0 fully saturated rings. The van der Waals surface area contributed by atoms with Crippen molar-refractivity contribution >= 4 is 17.1 Å². The molecule has 0 aliphatic rings. The summed E-state index contributed by atoms with van der Waals surface area (Å²) in [4.78, 5) is 2.02. The molecule has 1 aromatic carbocycles. The maximum atomic E-state index is 7.30. The Hall–Kier alpha value is -1.97. The lowest BCUT2D eigenvalue weighted by atomic mass is 10.2. The van der Waals surface area contributed by atoms with E-state index in [4.69, 9.17) is 11.1 Å². The van der Waals surface area contributed by atoms with E-state index in [2.05, 4.69) is 5.32 Å². The van der Waals surface area contributed by atoms with Crippen LogP contribution in [-0.4, -0.2) is 19.8 Å². The Morgan fingerprint density at radius 3 is 2.69 bits per heavy atom. The highest BCUT2D eigenvalue weighted by Crippen LogP contribution is 2.17. The Balaban J connectivity index is 2.82. The standard InChI is InChI=1S/C12H18N4/c1-9(13)7-12(14)15-10-5-4-6-11(8-10)16(2)3/h4-8,13,15H,14H2,1-3H3/b12-7-,13-9?. The molecule has 4 N–H and O–H groups in total. The summed E-state index contributed by atoms with van der Waals surface area (Å²) in [5.41, 5.74) is 8.17. The summed E-state index contributed by atoms with van der Waals surface area (Å²) in [6, 6.07) is 7.92. The highest BCUT2D eigenvalue weighted by atomic mass is 15.1. The van der Waals surface area contributed by atoms with Gasteiger partial charge in [0, 0.05) is 31.2 Å². The van der Waals surface area contributed by atoms with Crippen LogP contribution >= 0.6 is 0 Å². The van der Waals surface area contributed by atoms with Gasteiger partial charge in [-0.15, -0.1) is 0 Å². The number of rotatable bonds is 4. The molecule has 0 unspecified atom stereocenters. The lowest BCUT2D eigenvalue weighted by Gasteiger charge is -2.14. The highest BCUT2D eigenvalue weighted by Gasteiger charge is 1.98. The van der Waals surface area contributed by atoms with Crippen molar-refractivity contribution in [1.29, 1.82) is 5.41 Å². The smallest absolute Gasteiger partial charge is 0.102 e. The van der Waals surface area contributed by atoms with Crippen molar-refractivity contribution in [3.63, 3.8) is 0 Å². The number of nitrogens with two attached hydrogens (primary N) is 1. The summed E-state index contributed by atoms with van der Waals surface area (Å²) in [5.74, 6) is 0.475. The van der Waals surface area contributed by atoms with Gasteiger partial charge in [0.15, 0.2) is 0 Å². The third kappa shape index (κ3) is 3.65. The zero-order valence-electron chi connectivity index (χ0n) is 9.91. The summed E-state index contributed by atoms with van der Waals surface area (Å²) in [6.07, 6.45) is 1.59. The van der Waals surface area contributed by atoms with Crippen LogP contribution in [0.4, 0.5) is 11.4 Å². The Morgan fingerprint density at radius 2 is 2.12 bits per heavy atom. The Labute approximate surface area is 96.3 Å². The molecule has 0 bridgehead atoms. The second-order valence-corrected chi connectivity index (χ2v) is 3.85. The zero-order valence-corrected chi connectivity index (χ0v) is 9.91. The van der Waals surface area contributed by atoms with E-state index < -0.39 is 0 Å². The molecule has 4 nitrogen and oxygen atoms in total. The molecule has 0 aromatic heterocycles.